The maximum Gasteiger partial charge on any atom is 0.407 e. The van der Waals surface area contributed by atoms with Gasteiger partial charge in [-0.1, -0.05) is 11.6 Å². The van der Waals surface area contributed by atoms with Crippen LogP contribution in [0, 0.1) is 0 Å². The number of alkyl carbamates (subject to hydrolysis) is 1. The van der Waals surface area contributed by atoms with Gasteiger partial charge in [-0.05, 0) is 19.9 Å². The van der Waals surface area contributed by atoms with E-state index in [1.807, 2.05) is 0 Å². The van der Waals surface area contributed by atoms with E-state index in [4.69, 9.17) is 4.74 Å². The molecular formula is C9H16N2O2. The quantitative estimate of drug-likeness (QED) is 0.633. The van der Waals surface area contributed by atoms with Crippen LogP contribution in [0.2, 0.25) is 0 Å². The van der Waals surface area contributed by atoms with Crippen LogP contribution in [0.1, 0.15) is 13.3 Å². The van der Waals surface area contributed by atoms with E-state index in [1.165, 1.54) is 5.57 Å². The van der Waals surface area contributed by atoms with E-state index < -0.39 is 0 Å². The van der Waals surface area contributed by atoms with E-state index in [-0.39, 0.29) is 6.09 Å². The number of hydrogen-bond acceptors (Lipinski definition) is 3. The summed E-state index contributed by atoms with van der Waals surface area (Å²) in [4.78, 5) is 10.9. The van der Waals surface area contributed by atoms with Crippen molar-refractivity contribution >= 4 is 6.09 Å². The lowest BCUT2D eigenvalue weighted by Gasteiger charge is -2.14. The summed E-state index contributed by atoms with van der Waals surface area (Å²) >= 11 is 0. The normalized spacial score (nSPS) is 16.2. The van der Waals surface area contributed by atoms with Crippen molar-refractivity contribution in [2.24, 2.45) is 0 Å². The predicted octanol–water partition coefficient (Wildman–Crippen LogP) is 0.652. The summed E-state index contributed by atoms with van der Waals surface area (Å²) in [5.74, 6) is 0. The summed E-state index contributed by atoms with van der Waals surface area (Å²) in [6.45, 7) is 4.73. The minimum atomic E-state index is -0.332. The lowest BCUT2D eigenvalue weighted by atomic mass is 10.1. The highest BCUT2D eigenvalue weighted by atomic mass is 16.5. The summed E-state index contributed by atoms with van der Waals surface area (Å²) in [5.41, 5.74) is 1.27. The van der Waals surface area contributed by atoms with Crippen molar-refractivity contribution in [3.8, 4) is 0 Å². The van der Waals surface area contributed by atoms with Crippen molar-refractivity contribution in [3.05, 3.63) is 11.6 Å². The summed E-state index contributed by atoms with van der Waals surface area (Å²) in [5, 5.41) is 5.90. The maximum absolute atomic E-state index is 10.9. The van der Waals surface area contributed by atoms with Crippen molar-refractivity contribution in [1.82, 2.24) is 10.6 Å². The third-order valence-electron chi connectivity index (χ3n) is 1.89. The first-order valence-corrected chi connectivity index (χ1v) is 4.62. The molecule has 0 aromatic carbocycles. The Morgan fingerprint density at radius 1 is 1.77 bits per heavy atom. The first-order chi connectivity index (χ1) is 6.33. The Morgan fingerprint density at radius 2 is 2.62 bits per heavy atom. The topological polar surface area (TPSA) is 50.4 Å². The fourth-order valence-corrected chi connectivity index (χ4v) is 1.20. The van der Waals surface area contributed by atoms with Crippen molar-refractivity contribution in [2.45, 2.75) is 13.3 Å². The van der Waals surface area contributed by atoms with E-state index in [2.05, 4.69) is 16.7 Å². The van der Waals surface area contributed by atoms with Crippen LogP contribution in [0.5, 0.6) is 0 Å². The predicted molar refractivity (Wildman–Crippen MR) is 50.6 cm³/mol. The van der Waals surface area contributed by atoms with E-state index in [1.54, 1.807) is 6.92 Å². The van der Waals surface area contributed by atoms with Crippen LogP contribution in [-0.4, -0.2) is 32.3 Å². The van der Waals surface area contributed by atoms with Gasteiger partial charge in [0.05, 0.1) is 6.61 Å². The fourth-order valence-electron chi connectivity index (χ4n) is 1.20. The third kappa shape index (κ3) is 3.94. The number of carbonyl (C=O) groups excluding carboxylic acids is 1. The van der Waals surface area contributed by atoms with Gasteiger partial charge in [0.2, 0.25) is 0 Å². The number of nitrogens with one attached hydrogen (secondary N) is 2. The highest BCUT2D eigenvalue weighted by Crippen LogP contribution is 2.01. The molecule has 0 atom stereocenters. The van der Waals surface area contributed by atoms with Gasteiger partial charge in [-0.15, -0.1) is 0 Å². The summed E-state index contributed by atoms with van der Waals surface area (Å²) in [7, 11) is 0. The molecule has 0 saturated heterocycles. The Bertz CT molecular complexity index is 202. The summed E-state index contributed by atoms with van der Waals surface area (Å²) < 4.78 is 4.74. The molecule has 1 heterocycles. The largest absolute Gasteiger partial charge is 0.450 e. The molecule has 0 fully saturated rings. The number of hydrogen-bond donors (Lipinski definition) is 2. The van der Waals surface area contributed by atoms with Crippen molar-refractivity contribution in [2.75, 3.05) is 26.2 Å². The molecule has 13 heavy (non-hydrogen) atoms. The molecule has 1 amide bonds. The molecule has 74 valence electrons. The number of amides is 1. The molecule has 0 spiro atoms. The van der Waals surface area contributed by atoms with E-state index in [0.29, 0.717) is 13.2 Å². The summed E-state index contributed by atoms with van der Waals surface area (Å²) in [6.07, 6.45) is 2.78. The first-order valence-electron chi connectivity index (χ1n) is 4.62. The zero-order valence-electron chi connectivity index (χ0n) is 7.93. The number of rotatable bonds is 3. The van der Waals surface area contributed by atoms with Crippen molar-refractivity contribution in [1.29, 1.82) is 0 Å². The van der Waals surface area contributed by atoms with Crippen LogP contribution in [0.15, 0.2) is 11.6 Å². The van der Waals surface area contributed by atoms with Gasteiger partial charge in [0.25, 0.3) is 0 Å². The highest BCUT2D eigenvalue weighted by molar-refractivity contribution is 5.67. The molecule has 0 aromatic heterocycles. The molecule has 0 radical (unpaired) electrons. The molecule has 1 aliphatic rings. The second-order valence-corrected chi connectivity index (χ2v) is 2.89. The monoisotopic (exact) mass is 184 g/mol. The molecule has 0 saturated carbocycles. The minimum Gasteiger partial charge on any atom is -0.450 e. The summed E-state index contributed by atoms with van der Waals surface area (Å²) in [6, 6.07) is 0. The van der Waals surface area contributed by atoms with Crippen LogP contribution < -0.4 is 10.6 Å². The molecule has 4 heteroatoms. The SMILES string of the molecule is CCOC(=O)NCC1=CCNCC1. The zero-order chi connectivity index (χ0) is 9.52. The Kier molecular flexibility index (Phi) is 4.32. The van der Waals surface area contributed by atoms with Gasteiger partial charge in [0, 0.05) is 13.1 Å². The van der Waals surface area contributed by atoms with Crippen LogP contribution >= 0.6 is 0 Å². The van der Waals surface area contributed by atoms with Gasteiger partial charge in [-0.3, -0.25) is 0 Å². The van der Waals surface area contributed by atoms with E-state index >= 15 is 0 Å². The molecule has 0 bridgehead atoms. The molecule has 1 rings (SSSR count). The second-order valence-electron chi connectivity index (χ2n) is 2.89. The molecule has 0 aromatic rings. The van der Waals surface area contributed by atoms with E-state index in [9.17, 15) is 4.79 Å². The Labute approximate surface area is 78.3 Å². The first kappa shape index (κ1) is 10.1. The molecule has 0 unspecified atom stereocenters. The maximum atomic E-state index is 10.9. The van der Waals surface area contributed by atoms with Crippen LogP contribution in [0.4, 0.5) is 4.79 Å². The molecule has 0 aliphatic carbocycles. The Balaban J connectivity index is 2.17. The van der Waals surface area contributed by atoms with Crippen LogP contribution in [0.3, 0.4) is 0 Å². The number of carbonyl (C=O) groups is 1. The van der Waals surface area contributed by atoms with Crippen molar-refractivity contribution in [3.63, 3.8) is 0 Å². The standard InChI is InChI=1S/C9H16N2O2/c1-2-13-9(12)11-7-8-3-5-10-6-4-8/h3,10H,2,4-7H2,1H3,(H,11,12). The van der Waals surface area contributed by atoms with Gasteiger partial charge < -0.3 is 15.4 Å². The molecule has 1 aliphatic heterocycles. The number of ether oxygens (including phenoxy) is 1. The third-order valence-corrected chi connectivity index (χ3v) is 1.89. The molecule has 4 nitrogen and oxygen atoms in total. The lowest BCUT2D eigenvalue weighted by molar-refractivity contribution is 0.153. The van der Waals surface area contributed by atoms with Gasteiger partial charge in [-0.25, -0.2) is 4.79 Å². The molecule has 2 N–H and O–H groups in total. The fraction of sp³-hybridized carbons (Fsp3) is 0.667. The van der Waals surface area contributed by atoms with Crippen LogP contribution in [0.25, 0.3) is 0 Å². The lowest BCUT2D eigenvalue weighted by Crippen LogP contribution is -2.30. The second kappa shape index (κ2) is 5.59. The van der Waals surface area contributed by atoms with E-state index in [0.717, 1.165) is 19.5 Å². The minimum absolute atomic E-state index is 0.332. The smallest absolute Gasteiger partial charge is 0.407 e. The molecular weight excluding hydrogens is 168 g/mol. The van der Waals surface area contributed by atoms with Gasteiger partial charge >= 0.3 is 6.09 Å². The highest BCUT2D eigenvalue weighted by Gasteiger charge is 2.04. The van der Waals surface area contributed by atoms with Crippen LogP contribution in [-0.2, 0) is 4.74 Å². The Morgan fingerprint density at radius 3 is 3.23 bits per heavy atom. The Hall–Kier alpha value is -1.03. The average Bonchev–Trinajstić information content (AvgIpc) is 2.17. The van der Waals surface area contributed by atoms with Gasteiger partial charge in [-0.2, -0.15) is 0 Å². The zero-order valence-corrected chi connectivity index (χ0v) is 7.93. The van der Waals surface area contributed by atoms with Gasteiger partial charge in [0.15, 0.2) is 0 Å². The van der Waals surface area contributed by atoms with Gasteiger partial charge in [0.1, 0.15) is 0 Å². The average molecular weight is 184 g/mol. The van der Waals surface area contributed by atoms with Crippen molar-refractivity contribution < 1.29 is 9.53 Å².